The molecule has 0 radical (unpaired) electrons. The second-order valence-electron chi connectivity index (χ2n) is 3.63. The van der Waals surface area contributed by atoms with Gasteiger partial charge in [0, 0.05) is 5.88 Å². The van der Waals surface area contributed by atoms with Gasteiger partial charge in [0.1, 0.15) is 0 Å². The minimum atomic E-state index is -0.364. The third-order valence-electron chi connectivity index (χ3n) is 2.62. The van der Waals surface area contributed by atoms with Crippen molar-refractivity contribution in [2.24, 2.45) is 0 Å². The molecule has 0 amide bonds. The Labute approximate surface area is 106 Å². The molecule has 0 fully saturated rings. The summed E-state index contributed by atoms with van der Waals surface area (Å²) in [5.41, 5.74) is 3.05. The molecule has 1 aromatic carbocycles. The topological polar surface area (TPSA) is 50.1 Å². The van der Waals surface area contributed by atoms with Gasteiger partial charge in [-0.1, -0.05) is 13.0 Å². The zero-order valence-electron chi connectivity index (χ0n) is 9.92. The minimum Gasteiger partial charge on any atom is -0.469 e. The van der Waals surface area contributed by atoms with E-state index in [0.717, 1.165) is 17.5 Å². The molecule has 0 saturated carbocycles. The van der Waals surface area contributed by atoms with Gasteiger partial charge in [-0.25, -0.2) is 0 Å². The van der Waals surface area contributed by atoms with Crippen molar-refractivity contribution in [3.63, 3.8) is 0 Å². The smallest absolute Gasteiger partial charge is 0.310 e. The van der Waals surface area contributed by atoms with Crippen LogP contribution in [0, 0.1) is 11.3 Å². The van der Waals surface area contributed by atoms with Crippen molar-refractivity contribution in [1.82, 2.24) is 0 Å². The molecule has 1 aromatic rings. The molecule has 90 valence electrons. The molecule has 3 nitrogen and oxygen atoms in total. The fraction of sp³-hybridized carbons (Fsp3) is 0.385. The van der Waals surface area contributed by atoms with Crippen LogP contribution in [0.1, 0.15) is 29.2 Å². The number of nitriles is 1. The first-order valence-electron chi connectivity index (χ1n) is 5.33. The predicted molar refractivity (Wildman–Crippen MR) is 65.8 cm³/mol. The van der Waals surface area contributed by atoms with Gasteiger partial charge in [-0.15, -0.1) is 11.6 Å². The summed E-state index contributed by atoms with van der Waals surface area (Å²) in [4.78, 5) is 11.3. The zero-order valence-corrected chi connectivity index (χ0v) is 10.7. The molecule has 0 saturated heterocycles. The van der Waals surface area contributed by atoms with Crippen LogP contribution in [0.2, 0.25) is 0 Å². The molecule has 0 unspecified atom stereocenters. The molecule has 0 N–H and O–H groups in total. The molecule has 0 aliphatic heterocycles. The number of alkyl halides is 1. The Balaban J connectivity index is 3.25. The lowest BCUT2D eigenvalue weighted by Crippen LogP contribution is -2.09. The van der Waals surface area contributed by atoms with Crippen LogP contribution in [-0.2, 0) is 28.3 Å². The summed E-state index contributed by atoms with van der Waals surface area (Å²) < 4.78 is 4.62. The molecule has 0 aromatic heterocycles. The van der Waals surface area contributed by atoms with Crippen molar-refractivity contribution in [2.45, 2.75) is 25.6 Å². The zero-order chi connectivity index (χ0) is 12.8. The van der Waals surface area contributed by atoms with Crippen LogP contribution in [0.5, 0.6) is 0 Å². The molecule has 0 aliphatic rings. The first-order valence-corrected chi connectivity index (χ1v) is 5.87. The Kier molecular flexibility index (Phi) is 4.99. The van der Waals surface area contributed by atoms with E-state index in [1.54, 1.807) is 6.07 Å². The lowest BCUT2D eigenvalue weighted by molar-refractivity contribution is -0.139. The van der Waals surface area contributed by atoms with Crippen molar-refractivity contribution in [3.8, 4) is 6.07 Å². The summed E-state index contributed by atoms with van der Waals surface area (Å²) in [5.74, 6) is -0.0772. The van der Waals surface area contributed by atoms with Gasteiger partial charge in [-0.2, -0.15) is 5.26 Å². The van der Waals surface area contributed by atoms with E-state index in [9.17, 15) is 4.79 Å². The van der Waals surface area contributed by atoms with Gasteiger partial charge in [-0.3, -0.25) is 4.79 Å². The average Bonchev–Trinajstić information content (AvgIpc) is 2.38. The van der Waals surface area contributed by atoms with E-state index < -0.39 is 0 Å². The predicted octanol–water partition coefficient (Wildman–Crippen LogP) is 2.57. The Morgan fingerprint density at radius 3 is 2.71 bits per heavy atom. The lowest BCUT2D eigenvalue weighted by atomic mass is 9.96. The van der Waals surface area contributed by atoms with E-state index in [2.05, 4.69) is 10.8 Å². The number of carbonyl (C=O) groups excluding carboxylic acids is 1. The minimum absolute atomic E-state index is 0.0887. The van der Waals surface area contributed by atoms with Crippen molar-refractivity contribution >= 4 is 17.6 Å². The van der Waals surface area contributed by atoms with E-state index in [1.807, 2.05) is 13.0 Å². The number of rotatable bonds is 4. The number of esters is 1. The monoisotopic (exact) mass is 251 g/mol. The maximum atomic E-state index is 11.3. The van der Waals surface area contributed by atoms with Crippen LogP contribution in [0.4, 0.5) is 0 Å². The number of halogens is 1. The van der Waals surface area contributed by atoms with Gasteiger partial charge in [0.25, 0.3) is 0 Å². The lowest BCUT2D eigenvalue weighted by Gasteiger charge is -2.10. The second-order valence-corrected chi connectivity index (χ2v) is 3.90. The fourth-order valence-electron chi connectivity index (χ4n) is 1.65. The summed E-state index contributed by atoms with van der Waals surface area (Å²) in [5, 5.41) is 9.10. The number of aryl methyl sites for hydroxylation is 1. The Bertz CT molecular complexity index is 463. The van der Waals surface area contributed by atoms with Gasteiger partial charge in [0.05, 0.1) is 25.2 Å². The highest BCUT2D eigenvalue weighted by atomic mass is 35.5. The molecule has 0 bridgehead atoms. The maximum absolute atomic E-state index is 11.3. The molecule has 0 spiro atoms. The molecular weight excluding hydrogens is 238 g/mol. The fourth-order valence-corrected chi connectivity index (χ4v) is 1.88. The quantitative estimate of drug-likeness (QED) is 0.610. The number of methoxy groups -OCH3 is 1. The summed E-state index contributed by atoms with van der Waals surface area (Å²) in [7, 11) is 1.33. The van der Waals surface area contributed by atoms with E-state index >= 15 is 0 Å². The van der Waals surface area contributed by atoms with Gasteiger partial charge in [0.2, 0.25) is 0 Å². The van der Waals surface area contributed by atoms with Crippen LogP contribution in [-0.4, -0.2) is 13.1 Å². The number of ether oxygens (including phenoxy) is 1. The normalized spacial score (nSPS) is 9.76. The molecule has 4 heteroatoms. The van der Waals surface area contributed by atoms with Crippen LogP contribution in [0.3, 0.4) is 0 Å². The van der Waals surface area contributed by atoms with Gasteiger partial charge in [0.15, 0.2) is 0 Å². The molecule has 1 rings (SSSR count). The Morgan fingerprint density at radius 1 is 1.53 bits per heavy atom. The third-order valence-corrected chi connectivity index (χ3v) is 2.91. The molecule has 0 aliphatic carbocycles. The molecule has 17 heavy (non-hydrogen) atoms. The highest BCUT2D eigenvalue weighted by molar-refractivity contribution is 6.17. The number of benzene rings is 1. The SMILES string of the molecule is CCc1cc(C#N)c(CC(=O)OC)c(CCl)c1. The van der Waals surface area contributed by atoms with Gasteiger partial charge in [-0.05, 0) is 29.2 Å². The highest BCUT2D eigenvalue weighted by Gasteiger charge is 2.13. The van der Waals surface area contributed by atoms with Gasteiger partial charge >= 0.3 is 5.97 Å². The van der Waals surface area contributed by atoms with E-state index in [4.69, 9.17) is 16.9 Å². The summed E-state index contributed by atoms with van der Waals surface area (Å²) in [6.45, 7) is 2.01. The third kappa shape index (κ3) is 3.21. The Morgan fingerprint density at radius 2 is 2.24 bits per heavy atom. The molecule has 0 atom stereocenters. The van der Waals surface area contributed by atoms with Crippen LogP contribution in [0.25, 0.3) is 0 Å². The van der Waals surface area contributed by atoms with Crippen LogP contribution in [0.15, 0.2) is 12.1 Å². The van der Waals surface area contributed by atoms with Crippen LogP contribution >= 0.6 is 11.6 Å². The van der Waals surface area contributed by atoms with Crippen LogP contribution < -0.4 is 0 Å². The summed E-state index contributed by atoms with van der Waals surface area (Å²) in [6.07, 6.45) is 0.919. The number of hydrogen-bond acceptors (Lipinski definition) is 3. The van der Waals surface area contributed by atoms with Gasteiger partial charge < -0.3 is 4.74 Å². The molecule has 0 heterocycles. The summed E-state index contributed by atoms with van der Waals surface area (Å²) in [6, 6.07) is 5.84. The van der Waals surface area contributed by atoms with E-state index in [0.29, 0.717) is 11.1 Å². The molecular formula is C13H14ClNO2. The first kappa shape index (κ1) is 13.5. The van der Waals surface area contributed by atoms with Crippen molar-refractivity contribution in [3.05, 3.63) is 34.4 Å². The number of nitrogens with zero attached hydrogens (tertiary/aromatic N) is 1. The van der Waals surface area contributed by atoms with Crippen molar-refractivity contribution in [1.29, 1.82) is 5.26 Å². The highest BCUT2D eigenvalue weighted by Crippen LogP contribution is 2.21. The maximum Gasteiger partial charge on any atom is 0.310 e. The first-order chi connectivity index (χ1) is 8.15. The van der Waals surface area contributed by atoms with E-state index in [1.165, 1.54) is 7.11 Å². The Hall–Kier alpha value is -1.53. The second kappa shape index (κ2) is 6.27. The average molecular weight is 252 g/mol. The van der Waals surface area contributed by atoms with Crippen molar-refractivity contribution < 1.29 is 9.53 Å². The standard InChI is InChI=1S/C13H14ClNO2/c1-3-9-4-10(7-14)12(6-13(16)17-2)11(5-9)8-15/h4-5H,3,6-7H2,1-2H3. The van der Waals surface area contributed by atoms with Crippen molar-refractivity contribution in [2.75, 3.05) is 7.11 Å². The summed E-state index contributed by atoms with van der Waals surface area (Å²) >= 11 is 5.86. The van der Waals surface area contributed by atoms with E-state index in [-0.39, 0.29) is 18.3 Å². The number of carbonyl (C=O) groups is 1. The number of hydrogen-bond donors (Lipinski definition) is 0. The largest absolute Gasteiger partial charge is 0.469 e.